The van der Waals surface area contributed by atoms with Crippen LogP contribution >= 0.6 is 7.82 Å². The van der Waals surface area contributed by atoms with E-state index < -0.39 is 44.5 Å². The van der Waals surface area contributed by atoms with Crippen molar-refractivity contribution in [3.05, 3.63) is 22.7 Å². The van der Waals surface area contributed by atoms with Crippen LogP contribution < -0.4 is 16.2 Å². The van der Waals surface area contributed by atoms with Crippen LogP contribution in [0.25, 0.3) is 11.0 Å². The van der Waals surface area contributed by atoms with E-state index in [-0.39, 0.29) is 16.9 Å². The lowest BCUT2D eigenvalue weighted by Gasteiger charge is -2.20. The summed E-state index contributed by atoms with van der Waals surface area (Å²) in [5, 5.41) is 20.1. The van der Waals surface area contributed by atoms with E-state index in [4.69, 9.17) is 15.4 Å². The molecule has 0 radical (unpaired) electrons. The number of aliphatic hydroxyl groups is 2. The number of aromatic amines is 1. The Kier molecular flexibility index (Phi) is 4.21. The number of aromatic nitrogens is 3. The third-order valence-corrected chi connectivity index (χ3v) is 4.09. The molecule has 2 aromatic heterocycles. The number of anilines is 1. The van der Waals surface area contributed by atoms with Gasteiger partial charge in [0, 0.05) is 6.07 Å². The van der Waals surface area contributed by atoms with Crippen molar-refractivity contribution < 1.29 is 33.8 Å². The number of imidazole rings is 1. The fourth-order valence-corrected chi connectivity index (χ4v) is 2.86. The second-order valence-corrected chi connectivity index (χ2v) is 6.45. The van der Waals surface area contributed by atoms with Crippen LogP contribution in [0, 0.1) is 0 Å². The summed E-state index contributed by atoms with van der Waals surface area (Å²) < 4.78 is 21.5. The molecular formula is C11H14N4O8P-. The number of nitrogens with two attached hydrogens (primary N) is 1. The molecule has 1 saturated heterocycles. The molecule has 24 heavy (non-hydrogen) atoms. The van der Waals surface area contributed by atoms with Crippen LogP contribution in [0.1, 0.15) is 6.23 Å². The summed E-state index contributed by atoms with van der Waals surface area (Å²) in [6.07, 6.45) is -4.12. The molecule has 1 unspecified atom stereocenters. The predicted octanol–water partition coefficient (Wildman–Crippen LogP) is -2.60. The minimum absolute atomic E-state index is 0.0496. The molecule has 6 N–H and O–H groups in total. The van der Waals surface area contributed by atoms with Gasteiger partial charge in [0.15, 0.2) is 11.7 Å². The molecule has 12 nitrogen and oxygen atoms in total. The Balaban J connectivity index is 1.90. The molecule has 5 atom stereocenters. The van der Waals surface area contributed by atoms with Crippen molar-refractivity contribution in [1.29, 1.82) is 0 Å². The Hall–Kier alpha value is -1.79. The van der Waals surface area contributed by atoms with Gasteiger partial charge in [0.2, 0.25) is 0 Å². The second-order valence-electron chi connectivity index (χ2n) is 5.25. The highest BCUT2D eigenvalue weighted by molar-refractivity contribution is 7.44. The van der Waals surface area contributed by atoms with Crippen molar-refractivity contribution in [3.8, 4) is 0 Å². The van der Waals surface area contributed by atoms with Crippen LogP contribution in [0.4, 0.5) is 5.82 Å². The maximum Gasteiger partial charge on any atom is 0.277 e. The number of fused-ring (bicyclic) bond motifs is 1. The lowest BCUT2D eigenvalue weighted by Crippen LogP contribution is -2.33. The first-order valence-electron chi connectivity index (χ1n) is 6.72. The molecule has 2 aromatic rings. The Morgan fingerprint density at radius 3 is 2.88 bits per heavy atom. The number of nitrogens with one attached hydrogen (secondary N) is 1. The molecule has 0 aromatic carbocycles. The van der Waals surface area contributed by atoms with Crippen LogP contribution in [0.2, 0.25) is 0 Å². The number of H-pyrrole nitrogens is 1. The number of nitrogens with zero attached hydrogens (tertiary/aromatic N) is 2. The lowest BCUT2D eigenvalue weighted by molar-refractivity contribution is -0.222. The number of hydrogen-bond acceptors (Lipinski definition) is 9. The predicted molar refractivity (Wildman–Crippen MR) is 76.5 cm³/mol. The summed E-state index contributed by atoms with van der Waals surface area (Å²) in [6.45, 7) is -0.693. The third-order valence-electron chi connectivity index (χ3n) is 3.61. The number of rotatable bonds is 4. The van der Waals surface area contributed by atoms with Gasteiger partial charge in [0.25, 0.3) is 13.4 Å². The Labute approximate surface area is 133 Å². The summed E-state index contributed by atoms with van der Waals surface area (Å²) in [5.41, 5.74) is 5.34. The van der Waals surface area contributed by atoms with E-state index in [9.17, 15) is 24.5 Å². The van der Waals surface area contributed by atoms with E-state index in [1.807, 2.05) is 0 Å². The smallest absolute Gasteiger partial charge is 0.277 e. The van der Waals surface area contributed by atoms with Crippen molar-refractivity contribution in [2.24, 2.45) is 0 Å². The number of aliphatic hydroxyl groups excluding tert-OH is 2. The maximum absolute atomic E-state index is 11.8. The maximum atomic E-state index is 11.8. The minimum Gasteiger partial charge on any atom is -0.756 e. The molecule has 13 heteroatoms. The van der Waals surface area contributed by atoms with Crippen LogP contribution in [-0.2, 0) is 13.8 Å². The van der Waals surface area contributed by atoms with Gasteiger partial charge in [0.05, 0.1) is 18.5 Å². The quantitative estimate of drug-likeness (QED) is 0.360. The Bertz CT molecular complexity index is 859. The molecule has 0 saturated carbocycles. The number of hydrogen-bond donors (Lipinski definition) is 5. The molecule has 1 aliphatic heterocycles. The molecule has 0 spiro atoms. The normalized spacial score (nSPS) is 29.8. The molecule has 132 valence electrons. The second kappa shape index (κ2) is 5.93. The van der Waals surface area contributed by atoms with Gasteiger partial charge in [-0.1, -0.05) is 0 Å². The summed E-state index contributed by atoms with van der Waals surface area (Å²) in [7, 11) is -5.00. The zero-order valence-corrected chi connectivity index (χ0v) is 12.9. The Morgan fingerprint density at radius 2 is 2.21 bits per heavy atom. The molecule has 0 bridgehead atoms. The van der Waals surface area contributed by atoms with Crippen LogP contribution in [0.15, 0.2) is 17.2 Å². The first-order valence-corrected chi connectivity index (χ1v) is 8.22. The third kappa shape index (κ3) is 3.08. The highest BCUT2D eigenvalue weighted by atomic mass is 31.2. The molecule has 1 aliphatic rings. The van der Waals surface area contributed by atoms with Crippen molar-refractivity contribution in [2.75, 3.05) is 12.3 Å². The zero-order valence-electron chi connectivity index (χ0n) is 12.0. The number of phosphoric acid groups is 1. The summed E-state index contributed by atoms with van der Waals surface area (Å²) in [5.74, 6) is 0.0646. The van der Waals surface area contributed by atoms with Gasteiger partial charge in [-0.25, -0.2) is 4.98 Å². The fraction of sp³-hybridized carbons (Fsp3) is 0.455. The van der Waals surface area contributed by atoms with Gasteiger partial charge < -0.3 is 44.5 Å². The molecule has 1 fully saturated rings. The van der Waals surface area contributed by atoms with Crippen molar-refractivity contribution in [1.82, 2.24) is 14.5 Å². The summed E-state index contributed by atoms with van der Waals surface area (Å²) in [6, 6.07) is 1.40. The van der Waals surface area contributed by atoms with Gasteiger partial charge in [-0.15, -0.1) is 0 Å². The number of phosphoric ester groups is 1. The van der Waals surface area contributed by atoms with Gasteiger partial charge in [-0.3, -0.25) is 9.36 Å². The average Bonchev–Trinajstić information content (AvgIpc) is 3.00. The molecule has 3 heterocycles. The van der Waals surface area contributed by atoms with Crippen molar-refractivity contribution in [3.63, 3.8) is 0 Å². The summed E-state index contributed by atoms with van der Waals surface area (Å²) in [4.78, 5) is 37.3. The number of pyridine rings is 1. The lowest BCUT2D eigenvalue weighted by atomic mass is 10.1. The van der Waals surface area contributed by atoms with E-state index >= 15 is 0 Å². The first-order chi connectivity index (χ1) is 11.2. The van der Waals surface area contributed by atoms with Gasteiger partial charge in [-0.2, -0.15) is 0 Å². The van der Waals surface area contributed by atoms with Gasteiger partial charge in [-0.05, 0) is 0 Å². The number of nitrogen functional groups attached to an aromatic ring is 1. The summed E-state index contributed by atoms with van der Waals surface area (Å²) >= 11 is 0. The van der Waals surface area contributed by atoms with E-state index in [1.165, 1.54) is 17.0 Å². The largest absolute Gasteiger partial charge is 0.756 e. The fourth-order valence-electron chi connectivity index (χ4n) is 2.53. The topological polar surface area (TPSA) is 196 Å². The van der Waals surface area contributed by atoms with Crippen LogP contribution in [-0.4, -0.2) is 54.6 Å². The molecular weight excluding hydrogens is 347 g/mol. The first kappa shape index (κ1) is 17.0. The zero-order chi connectivity index (χ0) is 17.6. The highest BCUT2D eigenvalue weighted by Gasteiger charge is 2.44. The van der Waals surface area contributed by atoms with Crippen molar-refractivity contribution in [2.45, 2.75) is 24.5 Å². The SMILES string of the molecule is Nc1cc2c(ncn2[C@@H]2O[C@H](COP(=O)([O-])O)[C@@H](O)[C@H]2O)c(=O)[nH]1. The van der Waals surface area contributed by atoms with E-state index in [1.54, 1.807) is 0 Å². The van der Waals surface area contributed by atoms with Crippen LogP contribution in [0.5, 0.6) is 0 Å². The van der Waals surface area contributed by atoms with E-state index in [2.05, 4.69) is 14.5 Å². The average molecular weight is 361 g/mol. The Morgan fingerprint density at radius 1 is 1.50 bits per heavy atom. The molecule has 0 aliphatic carbocycles. The molecule has 3 rings (SSSR count). The minimum atomic E-state index is -5.00. The monoisotopic (exact) mass is 361 g/mol. The highest BCUT2D eigenvalue weighted by Crippen LogP contribution is 2.35. The van der Waals surface area contributed by atoms with Crippen LogP contribution in [0.3, 0.4) is 0 Å². The van der Waals surface area contributed by atoms with Gasteiger partial charge >= 0.3 is 0 Å². The number of ether oxygens (including phenoxy) is 1. The standard InChI is InChI=1S/C11H15N4O8P/c12-6-1-4-7(10(18)14-6)13-3-15(4)11-9(17)8(16)5(23-11)2-22-24(19,20)21/h1,3,5,8-9,11,16-17H,2H2,(H3,12,14,18)(H2,19,20,21)/p-1/t5-,8-,9-,11-/m1/s1. The van der Waals surface area contributed by atoms with E-state index in [0.717, 1.165) is 0 Å². The molecule has 0 amide bonds. The van der Waals surface area contributed by atoms with E-state index in [0.29, 0.717) is 0 Å². The van der Waals surface area contributed by atoms with Gasteiger partial charge in [0.1, 0.15) is 24.1 Å². The van der Waals surface area contributed by atoms with Crippen molar-refractivity contribution >= 4 is 24.7 Å².